The third-order valence-electron chi connectivity index (χ3n) is 5.34. The van der Waals surface area contributed by atoms with Gasteiger partial charge in [0.05, 0.1) is 16.0 Å². The number of hydrogen-bond acceptors (Lipinski definition) is 6. The van der Waals surface area contributed by atoms with Gasteiger partial charge in [-0.05, 0) is 54.8 Å². The van der Waals surface area contributed by atoms with Gasteiger partial charge < -0.3 is 10.0 Å². The van der Waals surface area contributed by atoms with Gasteiger partial charge in [0.1, 0.15) is 14.7 Å². The Balaban J connectivity index is 1.60. The summed E-state index contributed by atoms with van der Waals surface area (Å²) in [5.41, 5.74) is 1.05. The standard InChI is InChI=1S/C22H20N4O6S2/c1-12(27)23-13-3-6-15(7-4-13)34(32,33-2)25-14-5-8-16-17(11-14)22(31)26(21(16)30)18-9-10-19(28)24-20(18)29/h3-8,11,18H,2,9-10H2,1H3,(H,23,27)(H,25,32)(H,24,28,29). The molecule has 2 aromatic carbocycles. The lowest BCUT2D eigenvalue weighted by Crippen LogP contribution is -2.54. The first-order chi connectivity index (χ1) is 16.1. The predicted octanol–water partition coefficient (Wildman–Crippen LogP) is 1.15. The molecule has 1 fully saturated rings. The Hall–Kier alpha value is -3.77. The molecule has 0 bridgehead atoms. The van der Waals surface area contributed by atoms with E-state index in [0.717, 1.165) is 14.8 Å². The van der Waals surface area contributed by atoms with E-state index in [0.29, 0.717) is 16.3 Å². The van der Waals surface area contributed by atoms with E-state index in [1.807, 2.05) is 0 Å². The van der Waals surface area contributed by atoms with Crippen molar-refractivity contribution in [3.05, 3.63) is 53.6 Å². The highest BCUT2D eigenvalue weighted by molar-refractivity contribution is 8.38. The summed E-state index contributed by atoms with van der Waals surface area (Å²) in [5, 5.41) is 4.78. The number of nitrogens with zero attached hydrogens (tertiary/aromatic N) is 1. The molecule has 0 radical (unpaired) electrons. The maximum absolute atomic E-state index is 13.5. The van der Waals surface area contributed by atoms with Gasteiger partial charge in [0.15, 0.2) is 0 Å². The van der Waals surface area contributed by atoms with E-state index in [1.54, 1.807) is 24.3 Å². The van der Waals surface area contributed by atoms with Crippen LogP contribution in [0.3, 0.4) is 0 Å². The van der Waals surface area contributed by atoms with Crippen molar-refractivity contribution in [1.29, 1.82) is 0 Å². The summed E-state index contributed by atoms with van der Waals surface area (Å²) in [6.07, 6.45) is 0.0851. The summed E-state index contributed by atoms with van der Waals surface area (Å²) in [6, 6.07) is 9.67. The minimum atomic E-state index is -2.97. The molecule has 1 saturated heterocycles. The number of hydrogen-bond donors (Lipinski definition) is 3. The van der Waals surface area contributed by atoms with Crippen LogP contribution in [0.5, 0.6) is 0 Å². The van der Waals surface area contributed by atoms with Crippen molar-refractivity contribution in [1.82, 2.24) is 10.2 Å². The van der Waals surface area contributed by atoms with Gasteiger partial charge in [0, 0.05) is 24.7 Å². The van der Waals surface area contributed by atoms with Crippen molar-refractivity contribution >= 4 is 65.4 Å². The van der Waals surface area contributed by atoms with Gasteiger partial charge >= 0.3 is 0 Å². The molecule has 34 heavy (non-hydrogen) atoms. The highest BCUT2D eigenvalue weighted by Gasteiger charge is 2.44. The molecule has 0 spiro atoms. The Labute approximate surface area is 198 Å². The fraction of sp³-hybridized carbons (Fsp3) is 0.182. The Morgan fingerprint density at radius 2 is 1.71 bits per heavy atom. The number of piperidine rings is 1. The third kappa shape index (κ3) is 4.24. The number of amides is 5. The highest BCUT2D eigenvalue weighted by atomic mass is 32.9. The lowest BCUT2D eigenvalue weighted by Gasteiger charge is -2.27. The van der Waals surface area contributed by atoms with Crippen molar-refractivity contribution in [2.24, 2.45) is 0 Å². The van der Waals surface area contributed by atoms with Gasteiger partial charge in [-0.2, -0.15) is 0 Å². The summed E-state index contributed by atoms with van der Waals surface area (Å²) >= 11 is 0. The van der Waals surface area contributed by atoms with E-state index in [9.17, 15) is 28.2 Å². The molecule has 10 nitrogen and oxygen atoms in total. The summed E-state index contributed by atoms with van der Waals surface area (Å²) in [6.45, 7) is 1.38. The summed E-state index contributed by atoms with van der Waals surface area (Å²) in [4.78, 5) is 62.0. The molecule has 3 N–H and O–H groups in total. The molecule has 2 atom stereocenters. The zero-order chi connectivity index (χ0) is 24.6. The number of fused-ring (bicyclic) bond motifs is 1. The van der Waals surface area contributed by atoms with Crippen LogP contribution in [0, 0.1) is 0 Å². The molecular formula is C22H20N4O6S2. The van der Waals surface area contributed by atoms with Crippen LogP contribution in [0.2, 0.25) is 0 Å². The SMILES string of the molecule is C=S=S(=O)(Nc1ccc2c(c1)C(=O)N(C1CCC(=O)NC1=O)C2=O)c1ccc(NC(C)=O)cc1. The van der Waals surface area contributed by atoms with Gasteiger partial charge in [0.2, 0.25) is 17.7 Å². The van der Waals surface area contributed by atoms with Crippen molar-refractivity contribution in [2.75, 3.05) is 10.0 Å². The number of carbonyl (C=O) groups is 5. The fourth-order valence-electron chi connectivity index (χ4n) is 3.77. The number of carbonyl (C=O) groups excluding carboxylic acids is 5. The summed E-state index contributed by atoms with van der Waals surface area (Å²) in [7, 11) is -2.14. The first kappa shape index (κ1) is 23.4. The molecule has 2 aromatic rings. The van der Waals surface area contributed by atoms with Crippen molar-refractivity contribution in [3.63, 3.8) is 0 Å². The second-order valence-corrected chi connectivity index (χ2v) is 11.7. The Bertz CT molecular complexity index is 1400. The topological polar surface area (TPSA) is 142 Å². The van der Waals surface area contributed by atoms with Gasteiger partial charge in [0.25, 0.3) is 11.8 Å². The van der Waals surface area contributed by atoms with E-state index >= 15 is 0 Å². The first-order valence-corrected chi connectivity index (χ1v) is 13.2. The van der Waals surface area contributed by atoms with Gasteiger partial charge in [-0.3, -0.25) is 34.2 Å². The van der Waals surface area contributed by atoms with Crippen LogP contribution in [0.4, 0.5) is 11.4 Å². The lowest BCUT2D eigenvalue weighted by atomic mass is 10.0. The second kappa shape index (κ2) is 8.88. The lowest BCUT2D eigenvalue weighted by molar-refractivity contribution is -0.136. The zero-order valence-corrected chi connectivity index (χ0v) is 19.6. The third-order valence-corrected chi connectivity index (χ3v) is 8.90. The van der Waals surface area contributed by atoms with Gasteiger partial charge in [-0.25, -0.2) is 4.21 Å². The van der Waals surface area contributed by atoms with E-state index in [-0.39, 0.29) is 29.9 Å². The quantitative estimate of drug-likeness (QED) is 0.415. The number of rotatable bonds is 5. The van der Waals surface area contributed by atoms with Crippen LogP contribution in [0.1, 0.15) is 40.5 Å². The van der Waals surface area contributed by atoms with E-state index in [1.165, 1.54) is 25.1 Å². The largest absolute Gasteiger partial charge is 0.326 e. The Morgan fingerprint density at radius 1 is 1.06 bits per heavy atom. The van der Waals surface area contributed by atoms with Crippen molar-refractivity contribution in [3.8, 4) is 0 Å². The molecule has 4 rings (SSSR count). The van der Waals surface area contributed by atoms with Crippen molar-refractivity contribution in [2.45, 2.75) is 30.7 Å². The fourth-order valence-corrected chi connectivity index (χ4v) is 6.22. The van der Waals surface area contributed by atoms with Crippen LogP contribution in [0.25, 0.3) is 0 Å². The Morgan fingerprint density at radius 3 is 2.32 bits per heavy atom. The summed E-state index contributed by atoms with van der Waals surface area (Å²) < 4.78 is 16.4. The smallest absolute Gasteiger partial charge is 0.262 e. The predicted molar refractivity (Wildman–Crippen MR) is 128 cm³/mol. The monoisotopic (exact) mass is 500 g/mol. The first-order valence-electron chi connectivity index (χ1n) is 10.1. The molecule has 5 amide bonds. The van der Waals surface area contributed by atoms with Gasteiger partial charge in [-0.15, -0.1) is 0 Å². The Kier molecular flexibility index (Phi) is 6.11. The van der Waals surface area contributed by atoms with E-state index in [4.69, 9.17) is 0 Å². The normalized spacial score (nSPS) is 19.2. The summed E-state index contributed by atoms with van der Waals surface area (Å²) in [5.74, 6) is 1.04. The van der Waals surface area contributed by atoms with E-state index in [2.05, 4.69) is 21.2 Å². The molecule has 0 saturated carbocycles. The maximum Gasteiger partial charge on any atom is 0.262 e. The van der Waals surface area contributed by atoms with Crippen LogP contribution in [-0.4, -0.2) is 50.6 Å². The zero-order valence-electron chi connectivity index (χ0n) is 18.0. The highest BCUT2D eigenvalue weighted by Crippen LogP contribution is 2.30. The molecule has 12 heteroatoms. The van der Waals surface area contributed by atoms with Crippen LogP contribution < -0.4 is 15.4 Å². The second-order valence-electron chi connectivity index (χ2n) is 7.64. The number of nitrogens with one attached hydrogen (secondary N) is 3. The molecule has 0 aromatic heterocycles. The molecule has 2 heterocycles. The number of anilines is 2. The molecule has 176 valence electrons. The molecule has 2 unspecified atom stereocenters. The molecule has 2 aliphatic heterocycles. The van der Waals surface area contributed by atoms with Gasteiger partial charge in [-0.1, -0.05) is 9.91 Å². The van der Waals surface area contributed by atoms with E-state index < -0.39 is 38.3 Å². The van der Waals surface area contributed by atoms with Crippen molar-refractivity contribution < 1.29 is 28.2 Å². The average Bonchev–Trinajstić information content (AvgIpc) is 3.03. The van der Waals surface area contributed by atoms with Crippen LogP contribution in [-0.2, 0) is 33.0 Å². The average molecular weight is 501 g/mol. The van der Waals surface area contributed by atoms with Crippen LogP contribution >= 0.6 is 0 Å². The maximum atomic E-state index is 13.5. The molecule has 0 aliphatic carbocycles. The number of imide groups is 2. The molecule has 2 aliphatic rings. The minimum Gasteiger partial charge on any atom is -0.326 e. The number of benzene rings is 2. The van der Waals surface area contributed by atoms with Crippen LogP contribution in [0.15, 0.2) is 47.4 Å². The molecular weight excluding hydrogens is 480 g/mol. The minimum absolute atomic E-state index is 0.0279.